The molecule has 0 heterocycles. The lowest BCUT2D eigenvalue weighted by Gasteiger charge is -2.32. The molecule has 2 aromatic rings. The summed E-state index contributed by atoms with van der Waals surface area (Å²) in [5.41, 5.74) is 0.844. The predicted molar refractivity (Wildman–Crippen MR) is 116 cm³/mol. The molecule has 0 aliphatic rings. The van der Waals surface area contributed by atoms with Crippen LogP contribution in [0.15, 0.2) is 54.6 Å². The lowest BCUT2D eigenvalue weighted by molar-refractivity contribution is 0.0636. The second-order valence-electron chi connectivity index (χ2n) is 8.38. The lowest BCUT2D eigenvalue weighted by Crippen LogP contribution is -2.34. The molecule has 148 valence electrons. The quantitative estimate of drug-likeness (QED) is 0.542. The van der Waals surface area contributed by atoms with Gasteiger partial charge in [-0.15, -0.1) is 0 Å². The van der Waals surface area contributed by atoms with E-state index in [9.17, 15) is 5.11 Å². The fourth-order valence-corrected chi connectivity index (χ4v) is 3.87. The zero-order valence-corrected chi connectivity index (χ0v) is 17.9. The first kappa shape index (κ1) is 21.9. The van der Waals surface area contributed by atoms with Gasteiger partial charge in [0.15, 0.2) is 0 Å². The average molecular weight is 388 g/mol. The van der Waals surface area contributed by atoms with Crippen molar-refractivity contribution in [1.29, 1.82) is 0 Å². The highest BCUT2D eigenvalue weighted by molar-refractivity contribution is 6.30. The summed E-state index contributed by atoms with van der Waals surface area (Å²) in [5, 5.41) is 12.3. The Hall–Kier alpha value is -1.35. The van der Waals surface area contributed by atoms with Gasteiger partial charge in [0, 0.05) is 18.1 Å². The summed E-state index contributed by atoms with van der Waals surface area (Å²) in [6.07, 6.45) is 1.62. The highest BCUT2D eigenvalue weighted by Crippen LogP contribution is 2.34. The van der Waals surface area contributed by atoms with Crippen molar-refractivity contribution < 1.29 is 5.11 Å². The molecule has 1 unspecified atom stereocenters. The van der Waals surface area contributed by atoms with E-state index in [0.717, 1.165) is 37.2 Å². The van der Waals surface area contributed by atoms with E-state index < -0.39 is 5.60 Å². The van der Waals surface area contributed by atoms with Gasteiger partial charge in [-0.25, -0.2) is 0 Å². The highest BCUT2D eigenvalue weighted by atomic mass is 35.5. The van der Waals surface area contributed by atoms with Crippen molar-refractivity contribution >= 4 is 11.6 Å². The van der Waals surface area contributed by atoms with Gasteiger partial charge in [0.1, 0.15) is 5.60 Å². The smallest absolute Gasteiger partial charge is 0.115 e. The zero-order valence-electron chi connectivity index (χ0n) is 17.2. The number of hydrogen-bond acceptors (Lipinski definition) is 2. The maximum absolute atomic E-state index is 11.7. The molecule has 1 atom stereocenters. The van der Waals surface area contributed by atoms with E-state index in [1.165, 1.54) is 0 Å². The van der Waals surface area contributed by atoms with Crippen molar-refractivity contribution in [3.8, 4) is 0 Å². The van der Waals surface area contributed by atoms with Gasteiger partial charge in [-0.3, -0.25) is 0 Å². The minimum Gasteiger partial charge on any atom is -0.380 e. The summed E-state index contributed by atoms with van der Waals surface area (Å²) in [5.74, 6) is 1.29. The summed E-state index contributed by atoms with van der Waals surface area (Å²) in [4.78, 5) is 2.53. The molecule has 2 rings (SSSR count). The monoisotopic (exact) mass is 387 g/mol. The highest BCUT2D eigenvalue weighted by Gasteiger charge is 2.31. The van der Waals surface area contributed by atoms with Gasteiger partial charge in [-0.05, 0) is 54.5 Å². The Morgan fingerprint density at radius 1 is 0.852 bits per heavy atom. The summed E-state index contributed by atoms with van der Waals surface area (Å²) >= 11 is 6.06. The van der Waals surface area contributed by atoms with Crippen LogP contribution in [0.5, 0.6) is 0 Å². The molecule has 2 aromatic carbocycles. The molecular formula is C24H34ClNO. The van der Waals surface area contributed by atoms with Crippen LogP contribution in [-0.4, -0.2) is 29.6 Å². The number of benzene rings is 2. The summed E-state index contributed by atoms with van der Waals surface area (Å²) in [6, 6.07) is 17.6. The molecule has 0 saturated heterocycles. The Labute approximate surface area is 170 Å². The van der Waals surface area contributed by atoms with Gasteiger partial charge in [-0.2, -0.15) is 0 Å². The van der Waals surface area contributed by atoms with Gasteiger partial charge in [-0.1, -0.05) is 81.8 Å². The van der Waals surface area contributed by atoms with E-state index >= 15 is 0 Å². The van der Waals surface area contributed by atoms with Gasteiger partial charge in [0.2, 0.25) is 0 Å². The number of aliphatic hydroxyl groups is 1. The first-order valence-electron chi connectivity index (χ1n) is 10.1. The first-order chi connectivity index (χ1) is 12.8. The van der Waals surface area contributed by atoms with Gasteiger partial charge in [0.05, 0.1) is 0 Å². The van der Waals surface area contributed by atoms with E-state index in [4.69, 9.17) is 11.6 Å². The number of rotatable bonds is 10. The Morgan fingerprint density at radius 2 is 1.37 bits per heavy atom. The van der Waals surface area contributed by atoms with E-state index in [-0.39, 0.29) is 0 Å². The van der Waals surface area contributed by atoms with Gasteiger partial charge in [0.25, 0.3) is 0 Å². The van der Waals surface area contributed by atoms with E-state index in [1.54, 1.807) is 0 Å². The van der Waals surface area contributed by atoms with Crippen LogP contribution >= 0.6 is 11.6 Å². The Kier molecular flexibility index (Phi) is 8.34. The molecule has 0 bridgehead atoms. The van der Waals surface area contributed by atoms with E-state index in [1.807, 2.05) is 54.6 Å². The topological polar surface area (TPSA) is 23.5 Å². The molecule has 0 aliphatic carbocycles. The van der Waals surface area contributed by atoms with Crippen LogP contribution in [0.1, 0.15) is 51.7 Å². The van der Waals surface area contributed by atoms with Gasteiger partial charge < -0.3 is 10.0 Å². The maximum Gasteiger partial charge on any atom is 0.115 e. The summed E-state index contributed by atoms with van der Waals surface area (Å²) < 4.78 is 0. The van der Waals surface area contributed by atoms with Crippen molar-refractivity contribution in [1.82, 2.24) is 4.90 Å². The standard InChI is InChI=1S/C24H34ClNO/c1-19(2)17-26(18-20(3)4)16-8-15-24(27,21-9-6-5-7-10-21)22-11-13-23(25)14-12-22/h5-7,9-14,19-20,27H,8,15-18H2,1-4H3. The fraction of sp³-hybridized carbons (Fsp3) is 0.500. The zero-order chi connectivity index (χ0) is 19.9. The Morgan fingerprint density at radius 3 is 1.89 bits per heavy atom. The summed E-state index contributed by atoms with van der Waals surface area (Å²) in [7, 11) is 0. The van der Waals surface area contributed by atoms with Crippen LogP contribution in [0.4, 0.5) is 0 Å². The Bertz CT molecular complexity index is 659. The van der Waals surface area contributed by atoms with Crippen LogP contribution < -0.4 is 0 Å². The normalized spacial score (nSPS) is 14.1. The molecule has 3 heteroatoms. The molecule has 0 spiro atoms. The third-order valence-electron chi connectivity index (χ3n) is 4.83. The molecule has 0 amide bonds. The molecule has 0 fully saturated rings. The van der Waals surface area contributed by atoms with Crippen molar-refractivity contribution in [3.63, 3.8) is 0 Å². The molecule has 2 nitrogen and oxygen atoms in total. The third kappa shape index (κ3) is 6.64. The summed E-state index contributed by atoms with van der Waals surface area (Å²) in [6.45, 7) is 12.3. The van der Waals surface area contributed by atoms with Crippen LogP contribution in [0, 0.1) is 11.8 Å². The SMILES string of the molecule is CC(C)CN(CCCC(O)(c1ccccc1)c1ccc(Cl)cc1)CC(C)C. The van der Waals surface area contributed by atoms with Crippen LogP contribution in [0.2, 0.25) is 5.02 Å². The molecular weight excluding hydrogens is 354 g/mol. The number of nitrogens with zero attached hydrogens (tertiary/aromatic N) is 1. The molecule has 0 aliphatic heterocycles. The first-order valence-corrected chi connectivity index (χ1v) is 10.5. The Balaban J connectivity index is 2.16. The van der Waals surface area contributed by atoms with Gasteiger partial charge >= 0.3 is 0 Å². The molecule has 0 saturated carbocycles. The minimum absolute atomic E-state index is 0.646. The molecule has 0 aromatic heterocycles. The number of hydrogen-bond donors (Lipinski definition) is 1. The second-order valence-corrected chi connectivity index (χ2v) is 8.82. The van der Waals surface area contributed by atoms with Crippen molar-refractivity contribution in [2.75, 3.05) is 19.6 Å². The average Bonchev–Trinajstić information content (AvgIpc) is 2.61. The second kappa shape index (κ2) is 10.3. The molecule has 27 heavy (non-hydrogen) atoms. The predicted octanol–water partition coefficient (Wildman–Crippen LogP) is 5.97. The number of halogens is 1. The van der Waals surface area contributed by atoms with Crippen molar-refractivity contribution in [3.05, 3.63) is 70.7 Å². The fourth-order valence-electron chi connectivity index (χ4n) is 3.74. The van der Waals surface area contributed by atoms with E-state index in [2.05, 4.69) is 32.6 Å². The van der Waals surface area contributed by atoms with Crippen molar-refractivity contribution in [2.45, 2.75) is 46.1 Å². The van der Waals surface area contributed by atoms with Crippen LogP contribution in [0.3, 0.4) is 0 Å². The minimum atomic E-state index is -0.993. The molecule has 1 N–H and O–H groups in total. The van der Waals surface area contributed by atoms with Crippen LogP contribution in [-0.2, 0) is 5.60 Å². The third-order valence-corrected chi connectivity index (χ3v) is 5.08. The molecule has 0 radical (unpaired) electrons. The maximum atomic E-state index is 11.7. The van der Waals surface area contributed by atoms with Crippen LogP contribution in [0.25, 0.3) is 0 Å². The largest absolute Gasteiger partial charge is 0.380 e. The van der Waals surface area contributed by atoms with Crippen molar-refractivity contribution in [2.24, 2.45) is 11.8 Å². The van der Waals surface area contributed by atoms with E-state index in [0.29, 0.717) is 23.3 Å². The lowest BCUT2D eigenvalue weighted by atomic mass is 9.82.